The van der Waals surface area contributed by atoms with Gasteiger partial charge in [-0.3, -0.25) is 0 Å². The number of sulfonamides is 1. The molecule has 0 aromatic heterocycles. The van der Waals surface area contributed by atoms with Gasteiger partial charge in [-0.05, 0) is 18.2 Å². The molecule has 0 spiro atoms. The van der Waals surface area contributed by atoms with Gasteiger partial charge in [0.05, 0.1) is 30.3 Å². The predicted molar refractivity (Wildman–Crippen MR) is 80.8 cm³/mol. The van der Waals surface area contributed by atoms with Crippen LogP contribution in [-0.2, 0) is 29.0 Å². The van der Waals surface area contributed by atoms with E-state index in [-0.39, 0.29) is 30.2 Å². The van der Waals surface area contributed by atoms with Crippen LogP contribution >= 0.6 is 0 Å². The second kappa shape index (κ2) is 6.88. The maximum atomic E-state index is 12.6. The number of morpholine rings is 1. The molecule has 24 heavy (non-hydrogen) atoms. The summed E-state index contributed by atoms with van der Waals surface area (Å²) in [6.45, 7) is 1.42. The number of benzene rings is 1. The summed E-state index contributed by atoms with van der Waals surface area (Å²) in [7, 11) is -3.70. The number of hydrogen-bond donors (Lipinski definition) is 0. The van der Waals surface area contributed by atoms with E-state index >= 15 is 0 Å². The van der Waals surface area contributed by atoms with Gasteiger partial charge < -0.3 is 14.2 Å². The van der Waals surface area contributed by atoms with Crippen molar-refractivity contribution in [2.75, 3.05) is 32.9 Å². The molecule has 2 saturated heterocycles. The van der Waals surface area contributed by atoms with Gasteiger partial charge in [0.2, 0.25) is 16.1 Å². The van der Waals surface area contributed by atoms with Crippen LogP contribution in [0.4, 0.5) is 0 Å². The lowest BCUT2D eigenvalue weighted by Gasteiger charge is -2.26. The van der Waals surface area contributed by atoms with E-state index in [1.54, 1.807) is 0 Å². The van der Waals surface area contributed by atoms with E-state index in [0.717, 1.165) is 0 Å². The highest BCUT2D eigenvalue weighted by Crippen LogP contribution is 2.20. The molecule has 2 heterocycles. The summed E-state index contributed by atoms with van der Waals surface area (Å²) in [5.74, 6) is -1.33. The van der Waals surface area contributed by atoms with Crippen molar-refractivity contribution in [2.24, 2.45) is 0 Å². The van der Waals surface area contributed by atoms with Crippen molar-refractivity contribution in [3.8, 4) is 0 Å². The van der Waals surface area contributed by atoms with E-state index in [0.29, 0.717) is 19.6 Å². The summed E-state index contributed by atoms with van der Waals surface area (Å²) in [6.07, 6.45) is -0.631. The molecule has 0 unspecified atom stereocenters. The SMILES string of the molecule is O=C(O[C@H]1CCOC1=O)c1cccc(S(=O)(=O)N2CCOCC2)c1. The molecule has 0 saturated carbocycles. The lowest BCUT2D eigenvalue weighted by molar-refractivity contribution is -0.145. The van der Waals surface area contributed by atoms with Crippen molar-refractivity contribution in [3.05, 3.63) is 29.8 Å². The number of rotatable bonds is 4. The summed E-state index contributed by atoms with van der Waals surface area (Å²) in [6, 6.07) is 5.59. The normalized spacial score (nSPS) is 22.2. The molecule has 0 amide bonds. The molecule has 2 aliphatic heterocycles. The molecule has 1 aromatic rings. The number of cyclic esters (lactones) is 1. The highest BCUT2D eigenvalue weighted by Gasteiger charge is 2.31. The Labute approximate surface area is 139 Å². The van der Waals surface area contributed by atoms with E-state index in [2.05, 4.69) is 0 Å². The third-order valence-electron chi connectivity index (χ3n) is 3.81. The Morgan fingerprint density at radius 1 is 1.21 bits per heavy atom. The third-order valence-corrected chi connectivity index (χ3v) is 5.71. The van der Waals surface area contributed by atoms with Gasteiger partial charge in [-0.25, -0.2) is 18.0 Å². The molecule has 8 nitrogen and oxygen atoms in total. The molecule has 3 rings (SSSR count). The standard InChI is InChI=1S/C15H17NO7S/c17-14(23-13-4-7-22-15(13)18)11-2-1-3-12(10-11)24(19,20)16-5-8-21-9-6-16/h1-3,10,13H,4-9H2/t13-/m0/s1. The van der Waals surface area contributed by atoms with Gasteiger partial charge in [0.15, 0.2) is 0 Å². The van der Waals surface area contributed by atoms with Crippen LogP contribution in [-0.4, -0.2) is 63.7 Å². The molecule has 0 radical (unpaired) electrons. The molecular weight excluding hydrogens is 338 g/mol. The highest BCUT2D eigenvalue weighted by molar-refractivity contribution is 7.89. The second-order valence-corrected chi connectivity index (χ2v) is 7.33. The average Bonchev–Trinajstić information content (AvgIpc) is 3.00. The second-order valence-electron chi connectivity index (χ2n) is 5.39. The predicted octanol–water partition coefficient (Wildman–Crippen LogP) is 0.180. The lowest BCUT2D eigenvalue weighted by atomic mass is 10.2. The Kier molecular flexibility index (Phi) is 4.83. The van der Waals surface area contributed by atoms with E-state index in [9.17, 15) is 18.0 Å². The van der Waals surface area contributed by atoms with Crippen molar-refractivity contribution < 1.29 is 32.2 Å². The Morgan fingerprint density at radius 3 is 2.62 bits per heavy atom. The summed E-state index contributed by atoms with van der Waals surface area (Å²) in [5, 5.41) is 0. The van der Waals surface area contributed by atoms with Crippen molar-refractivity contribution >= 4 is 22.0 Å². The first kappa shape index (κ1) is 16.9. The quantitative estimate of drug-likeness (QED) is 0.710. The molecule has 0 N–H and O–H groups in total. The van der Waals surface area contributed by atoms with Gasteiger partial charge in [-0.1, -0.05) is 6.07 Å². The van der Waals surface area contributed by atoms with Crippen LogP contribution in [0, 0.1) is 0 Å². The Bertz CT molecular complexity index is 740. The topological polar surface area (TPSA) is 99.2 Å². The summed E-state index contributed by atoms with van der Waals surface area (Å²) in [5.41, 5.74) is 0.0732. The van der Waals surface area contributed by atoms with Crippen LogP contribution in [0.5, 0.6) is 0 Å². The van der Waals surface area contributed by atoms with Crippen LogP contribution in [0.15, 0.2) is 29.2 Å². The molecule has 2 fully saturated rings. The van der Waals surface area contributed by atoms with E-state index in [1.165, 1.54) is 28.6 Å². The van der Waals surface area contributed by atoms with E-state index in [4.69, 9.17) is 14.2 Å². The first-order chi connectivity index (χ1) is 11.5. The molecular formula is C15H17NO7S. The Balaban J connectivity index is 1.78. The van der Waals surface area contributed by atoms with Crippen LogP contribution in [0.2, 0.25) is 0 Å². The highest BCUT2D eigenvalue weighted by atomic mass is 32.2. The zero-order valence-corrected chi connectivity index (χ0v) is 13.7. The van der Waals surface area contributed by atoms with Crippen molar-refractivity contribution in [3.63, 3.8) is 0 Å². The number of nitrogens with zero attached hydrogens (tertiary/aromatic N) is 1. The fraction of sp³-hybridized carbons (Fsp3) is 0.467. The summed E-state index contributed by atoms with van der Waals surface area (Å²) < 4.78 is 41.5. The van der Waals surface area contributed by atoms with Crippen LogP contribution in [0.1, 0.15) is 16.8 Å². The minimum Gasteiger partial charge on any atom is -0.463 e. The van der Waals surface area contributed by atoms with Crippen LogP contribution in [0.3, 0.4) is 0 Å². The number of ether oxygens (including phenoxy) is 3. The largest absolute Gasteiger partial charge is 0.463 e. The van der Waals surface area contributed by atoms with Crippen molar-refractivity contribution in [1.82, 2.24) is 4.31 Å². The zero-order chi connectivity index (χ0) is 17.2. The molecule has 0 bridgehead atoms. The first-order valence-electron chi connectivity index (χ1n) is 7.54. The lowest BCUT2D eigenvalue weighted by Crippen LogP contribution is -2.40. The number of carbonyl (C=O) groups excluding carboxylic acids is 2. The summed E-state index contributed by atoms with van der Waals surface area (Å²) >= 11 is 0. The number of hydrogen-bond acceptors (Lipinski definition) is 7. The molecule has 1 aromatic carbocycles. The fourth-order valence-electron chi connectivity index (χ4n) is 2.50. The van der Waals surface area contributed by atoms with Crippen LogP contribution in [0.25, 0.3) is 0 Å². The molecule has 2 aliphatic rings. The van der Waals surface area contributed by atoms with Gasteiger partial charge >= 0.3 is 11.9 Å². The minimum absolute atomic E-state index is 0.00727. The molecule has 130 valence electrons. The zero-order valence-electron chi connectivity index (χ0n) is 12.8. The molecule has 1 atom stereocenters. The van der Waals surface area contributed by atoms with E-state index < -0.39 is 28.1 Å². The number of esters is 2. The van der Waals surface area contributed by atoms with Crippen molar-refractivity contribution in [2.45, 2.75) is 17.4 Å². The fourth-order valence-corrected chi connectivity index (χ4v) is 3.96. The smallest absolute Gasteiger partial charge is 0.347 e. The first-order valence-corrected chi connectivity index (χ1v) is 8.98. The van der Waals surface area contributed by atoms with Gasteiger partial charge in [0, 0.05) is 19.5 Å². The third kappa shape index (κ3) is 3.42. The average molecular weight is 355 g/mol. The Hall–Kier alpha value is -1.97. The maximum absolute atomic E-state index is 12.6. The van der Waals surface area contributed by atoms with Gasteiger partial charge in [0.1, 0.15) is 0 Å². The minimum atomic E-state index is -3.70. The molecule has 0 aliphatic carbocycles. The van der Waals surface area contributed by atoms with Gasteiger partial charge in [-0.2, -0.15) is 4.31 Å². The number of carbonyl (C=O) groups is 2. The van der Waals surface area contributed by atoms with Crippen LogP contribution < -0.4 is 0 Å². The monoisotopic (exact) mass is 355 g/mol. The van der Waals surface area contributed by atoms with Gasteiger partial charge in [0.25, 0.3) is 0 Å². The summed E-state index contributed by atoms with van der Waals surface area (Å²) in [4.78, 5) is 23.5. The Morgan fingerprint density at radius 2 is 1.96 bits per heavy atom. The van der Waals surface area contributed by atoms with Crippen molar-refractivity contribution in [1.29, 1.82) is 0 Å². The van der Waals surface area contributed by atoms with Gasteiger partial charge in [-0.15, -0.1) is 0 Å². The van der Waals surface area contributed by atoms with E-state index in [1.807, 2.05) is 0 Å². The maximum Gasteiger partial charge on any atom is 0.347 e. The molecule has 9 heteroatoms.